The van der Waals surface area contributed by atoms with Crippen LogP contribution in [0.5, 0.6) is 5.75 Å². The van der Waals surface area contributed by atoms with Crippen molar-refractivity contribution in [1.82, 2.24) is 0 Å². The van der Waals surface area contributed by atoms with Crippen molar-refractivity contribution < 1.29 is 50.2 Å². The van der Waals surface area contributed by atoms with Gasteiger partial charge in [-0.1, -0.05) is 0 Å². The second-order valence-corrected chi connectivity index (χ2v) is 5.55. The smallest absolute Gasteiger partial charge is 0.480 e. The molecular weight excluding hydrogens is 403 g/mol. The van der Waals surface area contributed by atoms with E-state index in [4.69, 9.17) is 5.11 Å². The van der Waals surface area contributed by atoms with Crippen molar-refractivity contribution in [2.45, 2.75) is 6.11 Å². The molecule has 0 unspecified atom stereocenters. The zero-order valence-corrected chi connectivity index (χ0v) is 13.2. The predicted octanol–water partition coefficient (Wildman–Crippen LogP) is 3.45. The van der Waals surface area contributed by atoms with Crippen LogP contribution in [0.1, 0.15) is 0 Å². The minimum Gasteiger partial charge on any atom is -0.480 e. The molecule has 0 bridgehead atoms. The standard InChI is InChI=1S/C16H6F7NO4/c17-7-3-10-9(24(4-11(25)26)15(27)16(22,23)28-10)2-5(7)6-1-8(18)13(20)14(21)12(6)19/h1-3H,4H2,(H,25,26). The molecule has 12 heteroatoms. The Labute approximate surface area is 150 Å². The number of alkyl halides is 2. The molecule has 1 aliphatic rings. The van der Waals surface area contributed by atoms with Crippen LogP contribution in [0.2, 0.25) is 0 Å². The summed E-state index contributed by atoms with van der Waals surface area (Å²) in [6.45, 7) is -1.30. The molecule has 1 heterocycles. The van der Waals surface area contributed by atoms with E-state index in [1.807, 2.05) is 0 Å². The monoisotopic (exact) mass is 409 g/mol. The number of hydrogen-bond acceptors (Lipinski definition) is 3. The summed E-state index contributed by atoms with van der Waals surface area (Å²) in [7, 11) is 0. The molecule has 5 nitrogen and oxygen atoms in total. The Hall–Kier alpha value is -3.31. The molecule has 0 saturated heterocycles. The molecule has 0 saturated carbocycles. The fourth-order valence-corrected chi connectivity index (χ4v) is 2.55. The van der Waals surface area contributed by atoms with Gasteiger partial charge in [0.15, 0.2) is 29.0 Å². The number of nitrogens with zero attached hydrogens (tertiary/aromatic N) is 1. The Morgan fingerprint density at radius 3 is 2.21 bits per heavy atom. The summed E-state index contributed by atoms with van der Waals surface area (Å²) < 4.78 is 99.5. The largest absolute Gasteiger partial charge is 0.482 e. The van der Waals surface area contributed by atoms with Crippen LogP contribution >= 0.6 is 0 Å². The van der Waals surface area contributed by atoms with Gasteiger partial charge in [-0.15, -0.1) is 0 Å². The first-order valence-corrected chi connectivity index (χ1v) is 7.21. The lowest BCUT2D eigenvalue weighted by atomic mass is 10.0. The summed E-state index contributed by atoms with van der Waals surface area (Å²) >= 11 is 0. The van der Waals surface area contributed by atoms with E-state index in [0.29, 0.717) is 6.07 Å². The molecular formula is C16H6F7NO4. The molecule has 1 N–H and O–H groups in total. The van der Waals surface area contributed by atoms with Crippen LogP contribution in [-0.2, 0) is 9.59 Å². The summed E-state index contributed by atoms with van der Waals surface area (Å²) in [4.78, 5) is 22.6. The van der Waals surface area contributed by atoms with E-state index in [9.17, 15) is 40.3 Å². The third kappa shape index (κ3) is 3.00. The van der Waals surface area contributed by atoms with Crippen molar-refractivity contribution in [2.24, 2.45) is 0 Å². The van der Waals surface area contributed by atoms with Gasteiger partial charge in [0, 0.05) is 17.2 Å². The van der Waals surface area contributed by atoms with E-state index in [0.717, 1.165) is 0 Å². The lowest BCUT2D eigenvalue weighted by molar-refractivity contribution is -0.193. The molecule has 0 fully saturated rings. The number of halogens is 7. The summed E-state index contributed by atoms with van der Waals surface area (Å²) in [6.07, 6.45) is -4.52. The lowest BCUT2D eigenvalue weighted by Gasteiger charge is -2.33. The van der Waals surface area contributed by atoms with Gasteiger partial charge in [-0.05, 0) is 12.1 Å². The molecule has 28 heavy (non-hydrogen) atoms. The summed E-state index contributed by atoms with van der Waals surface area (Å²) in [5.41, 5.74) is -2.80. The molecule has 3 rings (SSSR count). The molecule has 0 aliphatic carbocycles. The molecule has 1 amide bonds. The molecule has 0 spiro atoms. The maximum atomic E-state index is 14.3. The molecule has 0 aromatic heterocycles. The van der Waals surface area contributed by atoms with Crippen molar-refractivity contribution in [3.63, 3.8) is 0 Å². The van der Waals surface area contributed by atoms with Crippen molar-refractivity contribution in [1.29, 1.82) is 0 Å². The van der Waals surface area contributed by atoms with Gasteiger partial charge in [0.1, 0.15) is 12.4 Å². The van der Waals surface area contributed by atoms with Gasteiger partial charge in [0.2, 0.25) is 0 Å². The van der Waals surface area contributed by atoms with E-state index in [2.05, 4.69) is 4.74 Å². The third-order valence-electron chi connectivity index (χ3n) is 3.76. The van der Waals surface area contributed by atoms with E-state index in [1.54, 1.807) is 0 Å². The van der Waals surface area contributed by atoms with Gasteiger partial charge in [0.05, 0.1) is 5.69 Å². The first-order valence-electron chi connectivity index (χ1n) is 7.21. The first-order chi connectivity index (χ1) is 12.9. The Morgan fingerprint density at radius 1 is 0.964 bits per heavy atom. The second-order valence-electron chi connectivity index (χ2n) is 5.55. The normalized spacial score (nSPS) is 15.2. The second kappa shape index (κ2) is 6.39. The van der Waals surface area contributed by atoms with Gasteiger partial charge < -0.3 is 9.84 Å². The number of anilines is 1. The SMILES string of the molecule is O=C(O)CN1C(=O)C(F)(F)Oc2cc(F)c(-c3cc(F)c(F)c(F)c3F)cc21. The van der Waals surface area contributed by atoms with E-state index in [-0.39, 0.29) is 17.0 Å². The Morgan fingerprint density at radius 2 is 1.61 bits per heavy atom. The number of hydrogen-bond donors (Lipinski definition) is 1. The van der Waals surface area contributed by atoms with E-state index < -0.39 is 76.2 Å². The lowest BCUT2D eigenvalue weighted by Crippen LogP contribution is -2.52. The van der Waals surface area contributed by atoms with Crippen molar-refractivity contribution in [3.05, 3.63) is 47.3 Å². The average molecular weight is 409 g/mol. The highest BCUT2D eigenvalue weighted by atomic mass is 19.3. The maximum Gasteiger partial charge on any atom is 0.482 e. The summed E-state index contributed by atoms with van der Waals surface area (Å²) in [5.74, 6) is -14.6. The number of carbonyl (C=O) groups excluding carboxylic acids is 1. The Bertz CT molecular complexity index is 1020. The van der Waals surface area contributed by atoms with Gasteiger partial charge in [-0.2, -0.15) is 8.78 Å². The number of ether oxygens (including phenoxy) is 1. The Balaban J connectivity index is 2.25. The number of aliphatic carboxylic acids is 1. The zero-order valence-electron chi connectivity index (χ0n) is 13.2. The molecule has 0 atom stereocenters. The average Bonchev–Trinajstić information content (AvgIpc) is 2.60. The highest BCUT2D eigenvalue weighted by molar-refractivity contribution is 6.04. The number of carboxylic acids is 1. The van der Waals surface area contributed by atoms with Crippen LogP contribution in [0.4, 0.5) is 36.4 Å². The highest BCUT2D eigenvalue weighted by Crippen LogP contribution is 2.43. The van der Waals surface area contributed by atoms with Crippen LogP contribution in [0, 0.1) is 29.1 Å². The van der Waals surface area contributed by atoms with E-state index >= 15 is 0 Å². The molecule has 1 aliphatic heterocycles. The third-order valence-corrected chi connectivity index (χ3v) is 3.76. The zero-order chi connectivity index (χ0) is 21.0. The van der Waals surface area contributed by atoms with Gasteiger partial charge in [-0.3, -0.25) is 14.5 Å². The minimum atomic E-state index is -4.52. The van der Waals surface area contributed by atoms with Crippen LogP contribution in [-0.4, -0.2) is 29.6 Å². The first kappa shape index (κ1) is 19.5. The maximum absolute atomic E-state index is 14.3. The molecule has 148 valence electrons. The minimum absolute atomic E-state index is 0.0122. The number of rotatable bonds is 3. The quantitative estimate of drug-likeness (QED) is 0.479. The molecule has 0 radical (unpaired) electrons. The number of amides is 1. The molecule has 2 aromatic rings. The number of carbonyl (C=O) groups is 2. The number of benzene rings is 2. The topological polar surface area (TPSA) is 66.8 Å². The number of carboxylic acid groups (broad SMARTS) is 1. The summed E-state index contributed by atoms with van der Waals surface area (Å²) in [5, 5.41) is 8.81. The van der Waals surface area contributed by atoms with Gasteiger partial charge in [-0.25, -0.2) is 22.0 Å². The van der Waals surface area contributed by atoms with Crippen molar-refractivity contribution in [3.8, 4) is 16.9 Å². The fraction of sp³-hybridized carbons (Fsp3) is 0.125. The van der Waals surface area contributed by atoms with Crippen LogP contribution < -0.4 is 9.64 Å². The predicted molar refractivity (Wildman–Crippen MR) is 77.2 cm³/mol. The Kier molecular flexibility index (Phi) is 4.44. The van der Waals surface area contributed by atoms with Crippen LogP contribution in [0.3, 0.4) is 0 Å². The van der Waals surface area contributed by atoms with Crippen molar-refractivity contribution >= 4 is 17.6 Å². The number of fused-ring (bicyclic) bond motifs is 1. The van der Waals surface area contributed by atoms with E-state index in [1.165, 1.54) is 0 Å². The van der Waals surface area contributed by atoms with Gasteiger partial charge >= 0.3 is 18.0 Å². The molecule has 2 aromatic carbocycles. The van der Waals surface area contributed by atoms with Gasteiger partial charge in [0.25, 0.3) is 0 Å². The van der Waals surface area contributed by atoms with Crippen LogP contribution in [0.25, 0.3) is 11.1 Å². The van der Waals surface area contributed by atoms with Crippen LogP contribution in [0.15, 0.2) is 18.2 Å². The fourth-order valence-electron chi connectivity index (χ4n) is 2.55. The highest BCUT2D eigenvalue weighted by Gasteiger charge is 2.51. The summed E-state index contributed by atoms with van der Waals surface area (Å²) in [6, 6.07) is 0.842. The van der Waals surface area contributed by atoms with Crippen molar-refractivity contribution in [2.75, 3.05) is 11.4 Å².